The van der Waals surface area contributed by atoms with Gasteiger partial charge in [-0.2, -0.15) is 0 Å². The van der Waals surface area contributed by atoms with Gasteiger partial charge in [0.1, 0.15) is 11.2 Å². The highest BCUT2D eigenvalue weighted by Gasteiger charge is 2.17. The molecule has 1 saturated heterocycles. The molecule has 0 spiro atoms. The first kappa shape index (κ1) is 17.9. The maximum absolute atomic E-state index is 12.8. The van der Waals surface area contributed by atoms with Crippen molar-refractivity contribution in [2.24, 2.45) is 0 Å². The molecule has 1 N–H and O–H groups in total. The van der Waals surface area contributed by atoms with E-state index < -0.39 is 0 Å². The number of hydrogen-bond donors (Lipinski definition) is 1. The van der Waals surface area contributed by atoms with E-state index in [1.54, 1.807) is 10.5 Å². The molecule has 1 fully saturated rings. The van der Waals surface area contributed by atoms with Gasteiger partial charge in [-0.1, -0.05) is 13.0 Å². The average Bonchev–Trinajstić information content (AvgIpc) is 3.16. The van der Waals surface area contributed by atoms with Crippen molar-refractivity contribution in [3.8, 4) is 11.3 Å². The molecule has 4 aromatic rings. The largest absolute Gasteiger partial charge is 0.441 e. The molecule has 0 radical (unpaired) electrons. The number of anilines is 1. The molecule has 4 heterocycles. The second-order valence-electron chi connectivity index (χ2n) is 7.54. The highest BCUT2D eigenvalue weighted by atomic mass is 16.3. The zero-order valence-electron chi connectivity index (χ0n) is 16.6. The molecule has 1 aliphatic heterocycles. The third-order valence-electron chi connectivity index (χ3n) is 5.41. The summed E-state index contributed by atoms with van der Waals surface area (Å²) in [7, 11) is 0. The van der Waals surface area contributed by atoms with Gasteiger partial charge < -0.3 is 14.6 Å². The maximum Gasteiger partial charge on any atom is 0.258 e. The second kappa shape index (κ2) is 7.00. The molecule has 1 atom stereocenters. The van der Waals surface area contributed by atoms with Crippen LogP contribution in [0.25, 0.3) is 28.0 Å². The van der Waals surface area contributed by atoms with Gasteiger partial charge in [0.25, 0.3) is 5.56 Å². The Morgan fingerprint density at radius 1 is 1.21 bits per heavy atom. The number of piperazine rings is 1. The lowest BCUT2D eigenvalue weighted by molar-refractivity contribution is 0.484. The Balaban J connectivity index is 1.54. The van der Waals surface area contributed by atoms with E-state index in [1.807, 2.05) is 43.5 Å². The SMILES string of the molecule is CCc1nc2ccc(-c3cc(=O)n4cc(N5CCN[C@@H](C)C5)ccc4n3)cc2o1. The number of fused-ring (bicyclic) bond motifs is 2. The van der Waals surface area contributed by atoms with Gasteiger partial charge >= 0.3 is 0 Å². The van der Waals surface area contributed by atoms with Gasteiger partial charge in [0.2, 0.25) is 0 Å². The molecule has 3 aromatic heterocycles. The zero-order valence-corrected chi connectivity index (χ0v) is 16.6. The fourth-order valence-electron chi connectivity index (χ4n) is 3.88. The Kier molecular flexibility index (Phi) is 4.32. The van der Waals surface area contributed by atoms with Gasteiger partial charge in [-0.25, -0.2) is 9.97 Å². The fraction of sp³-hybridized carbons (Fsp3) is 0.318. The summed E-state index contributed by atoms with van der Waals surface area (Å²) in [5.41, 5.74) is 4.58. The van der Waals surface area contributed by atoms with Crippen LogP contribution in [0.3, 0.4) is 0 Å². The Labute approximate surface area is 168 Å². The van der Waals surface area contributed by atoms with Crippen LogP contribution in [0.15, 0.2) is 51.8 Å². The summed E-state index contributed by atoms with van der Waals surface area (Å²) in [6, 6.07) is 11.7. The van der Waals surface area contributed by atoms with E-state index in [0.717, 1.165) is 42.8 Å². The summed E-state index contributed by atoms with van der Waals surface area (Å²) in [6.07, 6.45) is 2.63. The van der Waals surface area contributed by atoms with Gasteiger partial charge in [0.15, 0.2) is 11.5 Å². The van der Waals surface area contributed by atoms with Crippen LogP contribution in [0.1, 0.15) is 19.7 Å². The lowest BCUT2D eigenvalue weighted by atomic mass is 10.1. The first-order valence-electron chi connectivity index (χ1n) is 10.0. The third kappa shape index (κ3) is 3.27. The van der Waals surface area contributed by atoms with Crippen molar-refractivity contribution in [3.63, 3.8) is 0 Å². The zero-order chi connectivity index (χ0) is 20.0. The van der Waals surface area contributed by atoms with Gasteiger partial charge in [0, 0.05) is 49.9 Å². The molecule has 1 aromatic carbocycles. The number of hydrogen-bond acceptors (Lipinski definition) is 6. The van der Waals surface area contributed by atoms with Crippen molar-refractivity contribution in [2.75, 3.05) is 24.5 Å². The van der Waals surface area contributed by atoms with Gasteiger partial charge in [-0.05, 0) is 31.2 Å². The van der Waals surface area contributed by atoms with Crippen LogP contribution >= 0.6 is 0 Å². The predicted molar refractivity (Wildman–Crippen MR) is 114 cm³/mol. The third-order valence-corrected chi connectivity index (χ3v) is 5.41. The number of oxazole rings is 1. The highest BCUT2D eigenvalue weighted by Crippen LogP contribution is 2.24. The van der Waals surface area contributed by atoms with Crippen LogP contribution < -0.4 is 15.8 Å². The maximum atomic E-state index is 12.8. The van der Waals surface area contributed by atoms with E-state index >= 15 is 0 Å². The van der Waals surface area contributed by atoms with Gasteiger partial charge in [0.05, 0.1) is 11.4 Å². The molecule has 0 saturated carbocycles. The number of pyridine rings is 1. The Morgan fingerprint density at radius 2 is 2.10 bits per heavy atom. The molecule has 7 nitrogen and oxygen atoms in total. The van der Waals surface area contributed by atoms with Crippen molar-refractivity contribution in [2.45, 2.75) is 26.3 Å². The monoisotopic (exact) mass is 389 g/mol. The van der Waals surface area contributed by atoms with Crippen LogP contribution in [-0.2, 0) is 6.42 Å². The lowest BCUT2D eigenvalue weighted by Gasteiger charge is -2.33. The summed E-state index contributed by atoms with van der Waals surface area (Å²) >= 11 is 0. The normalized spacial score (nSPS) is 17.3. The summed E-state index contributed by atoms with van der Waals surface area (Å²) in [4.78, 5) is 24.3. The van der Waals surface area contributed by atoms with Crippen molar-refractivity contribution < 1.29 is 4.42 Å². The molecular formula is C22H23N5O2. The molecule has 0 aliphatic carbocycles. The Hall–Kier alpha value is -3.19. The molecule has 0 bridgehead atoms. The summed E-state index contributed by atoms with van der Waals surface area (Å²) < 4.78 is 7.37. The quantitative estimate of drug-likeness (QED) is 0.581. The number of rotatable bonds is 3. The van der Waals surface area contributed by atoms with E-state index in [0.29, 0.717) is 28.9 Å². The first-order valence-corrected chi connectivity index (χ1v) is 10.0. The topological polar surface area (TPSA) is 75.7 Å². The Bertz CT molecular complexity index is 1260. The van der Waals surface area contributed by atoms with Crippen LogP contribution in [0.4, 0.5) is 5.69 Å². The average molecular weight is 389 g/mol. The van der Waals surface area contributed by atoms with Crippen molar-refractivity contribution in [1.29, 1.82) is 0 Å². The second-order valence-corrected chi connectivity index (χ2v) is 7.54. The molecule has 29 heavy (non-hydrogen) atoms. The molecule has 148 valence electrons. The number of benzene rings is 1. The molecule has 0 unspecified atom stereocenters. The standard InChI is InChI=1S/C22H23N5O2/c1-3-21-25-17-6-4-15(10-19(17)29-21)18-11-22(28)27-13-16(5-7-20(27)24-18)26-9-8-23-14(2)12-26/h4-7,10-11,13-14,23H,3,8-9,12H2,1-2H3/t14-/m0/s1. The van der Waals surface area contributed by atoms with Gasteiger partial charge in [-0.3, -0.25) is 9.20 Å². The van der Waals surface area contributed by atoms with E-state index in [9.17, 15) is 4.79 Å². The lowest BCUT2D eigenvalue weighted by Crippen LogP contribution is -2.49. The molecule has 0 amide bonds. The predicted octanol–water partition coefficient (Wildman–Crippen LogP) is 2.86. The van der Waals surface area contributed by atoms with Crippen molar-refractivity contribution >= 4 is 22.4 Å². The minimum absolute atomic E-state index is 0.0954. The van der Waals surface area contributed by atoms with E-state index in [-0.39, 0.29) is 5.56 Å². The number of nitrogens with zero attached hydrogens (tertiary/aromatic N) is 4. The van der Waals surface area contributed by atoms with Crippen LogP contribution in [0.5, 0.6) is 0 Å². The minimum atomic E-state index is -0.0954. The van der Waals surface area contributed by atoms with Crippen molar-refractivity contribution in [1.82, 2.24) is 19.7 Å². The fourth-order valence-corrected chi connectivity index (χ4v) is 3.88. The van der Waals surface area contributed by atoms with Crippen molar-refractivity contribution in [3.05, 3.63) is 58.8 Å². The molecule has 5 rings (SSSR count). The van der Waals surface area contributed by atoms with E-state index in [4.69, 9.17) is 9.40 Å². The minimum Gasteiger partial charge on any atom is -0.441 e. The molecule has 1 aliphatic rings. The van der Waals surface area contributed by atoms with E-state index in [1.165, 1.54) is 0 Å². The number of nitrogens with one attached hydrogen (secondary N) is 1. The number of aryl methyl sites for hydroxylation is 1. The first-order chi connectivity index (χ1) is 14.1. The number of aromatic nitrogens is 3. The summed E-state index contributed by atoms with van der Waals surface area (Å²) in [5.74, 6) is 0.707. The molecular weight excluding hydrogens is 366 g/mol. The van der Waals surface area contributed by atoms with Crippen LogP contribution in [-0.4, -0.2) is 40.0 Å². The smallest absolute Gasteiger partial charge is 0.258 e. The highest BCUT2D eigenvalue weighted by molar-refractivity contribution is 5.79. The summed E-state index contributed by atoms with van der Waals surface area (Å²) in [6.45, 7) is 6.96. The van der Waals surface area contributed by atoms with E-state index in [2.05, 4.69) is 22.1 Å². The van der Waals surface area contributed by atoms with Gasteiger partial charge in [-0.15, -0.1) is 0 Å². The molecule has 7 heteroatoms. The van der Waals surface area contributed by atoms with Crippen LogP contribution in [0.2, 0.25) is 0 Å². The Morgan fingerprint density at radius 3 is 2.93 bits per heavy atom. The summed E-state index contributed by atoms with van der Waals surface area (Å²) in [5, 5.41) is 3.44. The van der Waals surface area contributed by atoms with Crippen LogP contribution in [0, 0.1) is 0 Å².